The Kier molecular flexibility index (Phi) is 6.66. The SMILES string of the molecule is C=C(/N=C(\C=C/N)n1ncc2ccccc21)N[C@H]1CC[C@H](C(=O)N2CCOCC2)CC1. The van der Waals surface area contributed by atoms with Crippen LogP contribution >= 0.6 is 0 Å². The summed E-state index contributed by atoms with van der Waals surface area (Å²) in [5.74, 6) is 1.55. The summed E-state index contributed by atoms with van der Waals surface area (Å²) in [6, 6.07) is 8.19. The Morgan fingerprint density at radius 1 is 1.23 bits per heavy atom. The standard InChI is InChI=1S/C23H30N6O2/c1-17(27-22(10-11-24)29-21-5-3-2-4-19(21)16-25-29)26-20-8-6-18(7-9-20)23(30)28-12-14-31-15-13-28/h2-5,10-11,16,18,20,26H,1,6-9,12-15,24H2/b11-10-,27-22+/t18-,20-. The zero-order chi connectivity index (χ0) is 21.6. The first-order chi connectivity index (χ1) is 15.2. The maximum Gasteiger partial charge on any atom is 0.225 e. The minimum atomic E-state index is 0.110. The molecule has 0 atom stereocenters. The Hall–Kier alpha value is -3.13. The molecule has 2 fully saturated rings. The fourth-order valence-corrected chi connectivity index (χ4v) is 4.33. The molecule has 1 amide bonds. The summed E-state index contributed by atoms with van der Waals surface area (Å²) < 4.78 is 7.11. The van der Waals surface area contributed by atoms with Crippen molar-refractivity contribution in [1.29, 1.82) is 0 Å². The maximum atomic E-state index is 12.7. The van der Waals surface area contributed by atoms with Crippen LogP contribution < -0.4 is 11.1 Å². The van der Waals surface area contributed by atoms with Gasteiger partial charge in [-0.05, 0) is 44.0 Å². The average Bonchev–Trinajstić information content (AvgIpc) is 3.23. The van der Waals surface area contributed by atoms with Gasteiger partial charge in [0, 0.05) is 30.4 Å². The number of allylic oxidation sites excluding steroid dienone is 1. The Morgan fingerprint density at radius 3 is 2.71 bits per heavy atom. The number of carbonyl (C=O) groups is 1. The van der Waals surface area contributed by atoms with Gasteiger partial charge in [-0.25, -0.2) is 9.67 Å². The van der Waals surface area contributed by atoms with Gasteiger partial charge in [0.1, 0.15) is 5.82 Å². The van der Waals surface area contributed by atoms with Gasteiger partial charge in [-0.2, -0.15) is 5.10 Å². The molecule has 1 aromatic carbocycles. The average molecular weight is 423 g/mol. The summed E-state index contributed by atoms with van der Waals surface area (Å²) in [5.41, 5.74) is 6.60. The third-order valence-electron chi connectivity index (χ3n) is 5.96. The van der Waals surface area contributed by atoms with E-state index in [1.54, 1.807) is 17.0 Å². The topological polar surface area (TPSA) is 97.8 Å². The van der Waals surface area contributed by atoms with E-state index in [9.17, 15) is 4.79 Å². The molecule has 1 saturated heterocycles. The fraction of sp³-hybridized carbons (Fsp3) is 0.435. The monoisotopic (exact) mass is 422 g/mol. The second-order valence-corrected chi connectivity index (χ2v) is 8.02. The lowest BCUT2D eigenvalue weighted by atomic mass is 9.85. The van der Waals surface area contributed by atoms with E-state index in [1.165, 1.54) is 6.20 Å². The molecule has 2 aliphatic rings. The highest BCUT2D eigenvalue weighted by Crippen LogP contribution is 2.27. The summed E-state index contributed by atoms with van der Waals surface area (Å²) in [5, 5.41) is 8.89. The quantitative estimate of drug-likeness (QED) is 0.569. The molecule has 0 bridgehead atoms. The van der Waals surface area contributed by atoms with Crippen LogP contribution in [0.3, 0.4) is 0 Å². The number of nitrogens with two attached hydrogens (primary N) is 1. The van der Waals surface area contributed by atoms with E-state index in [0.29, 0.717) is 38.0 Å². The summed E-state index contributed by atoms with van der Waals surface area (Å²) in [4.78, 5) is 19.3. The Balaban J connectivity index is 1.36. The smallest absolute Gasteiger partial charge is 0.225 e. The third kappa shape index (κ3) is 4.96. The van der Waals surface area contributed by atoms with E-state index in [4.69, 9.17) is 10.5 Å². The Morgan fingerprint density at radius 2 is 1.97 bits per heavy atom. The van der Waals surface area contributed by atoms with E-state index in [2.05, 4.69) is 22.0 Å². The molecule has 4 rings (SSSR count). The van der Waals surface area contributed by atoms with E-state index < -0.39 is 0 Å². The Labute approximate surface area is 182 Å². The van der Waals surface area contributed by atoms with Crippen LogP contribution in [-0.4, -0.2) is 58.8 Å². The van der Waals surface area contributed by atoms with Crippen molar-refractivity contribution < 1.29 is 9.53 Å². The van der Waals surface area contributed by atoms with Crippen LogP contribution in [0.5, 0.6) is 0 Å². The highest BCUT2D eigenvalue weighted by atomic mass is 16.5. The van der Waals surface area contributed by atoms with Crippen LogP contribution in [0.4, 0.5) is 0 Å². The molecule has 3 N–H and O–H groups in total. The molecule has 0 unspecified atom stereocenters. The van der Waals surface area contributed by atoms with E-state index in [-0.39, 0.29) is 17.9 Å². The number of rotatable bonds is 5. The van der Waals surface area contributed by atoms with Gasteiger partial charge in [0.15, 0.2) is 5.84 Å². The number of ether oxygens (including phenoxy) is 1. The van der Waals surface area contributed by atoms with Crippen molar-refractivity contribution in [3.05, 3.63) is 55.1 Å². The predicted molar refractivity (Wildman–Crippen MR) is 121 cm³/mol. The number of hydrogen-bond donors (Lipinski definition) is 2. The lowest BCUT2D eigenvalue weighted by Crippen LogP contribution is -2.45. The number of amides is 1. The van der Waals surface area contributed by atoms with Crippen molar-refractivity contribution in [3.63, 3.8) is 0 Å². The molecule has 0 spiro atoms. The number of carbonyl (C=O) groups excluding carboxylic acids is 1. The fourth-order valence-electron chi connectivity index (χ4n) is 4.33. The number of para-hydroxylation sites is 1. The molecule has 1 aliphatic carbocycles. The van der Waals surface area contributed by atoms with Gasteiger partial charge in [0.2, 0.25) is 5.91 Å². The van der Waals surface area contributed by atoms with E-state index in [0.717, 1.165) is 36.6 Å². The maximum absolute atomic E-state index is 12.7. The number of nitrogens with zero attached hydrogens (tertiary/aromatic N) is 4. The van der Waals surface area contributed by atoms with Gasteiger partial charge >= 0.3 is 0 Å². The highest BCUT2D eigenvalue weighted by molar-refractivity contribution is 6.00. The second-order valence-electron chi connectivity index (χ2n) is 8.02. The molecule has 2 heterocycles. The molecular formula is C23H30N6O2. The largest absolute Gasteiger partial charge is 0.404 e. The van der Waals surface area contributed by atoms with Gasteiger partial charge in [-0.15, -0.1) is 0 Å². The highest BCUT2D eigenvalue weighted by Gasteiger charge is 2.30. The molecule has 1 aromatic heterocycles. The van der Waals surface area contributed by atoms with Crippen LogP contribution in [-0.2, 0) is 9.53 Å². The molecule has 31 heavy (non-hydrogen) atoms. The van der Waals surface area contributed by atoms with Crippen molar-refractivity contribution in [2.75, 3.05) is 26.3 Å². The number of aliphatic imine (C=N–C) groups is 1. The molecule has 0 radical (unpaired) electrons. The molecule has 2 aromatic rings. The van der Waals surface area contributed by atoms with Gasteiger partial charge < -0.3 is 20.7 Å². The van der Waals surface area contributed by atoms with Crippen LogP contribution in [0.25, 0.3) is 10.9 Å². The van der Waals surface area contributed by atoms with Gasteiger partial charge in [-0.1, -0.05) is 24.8 Å². The minimum Gasteiger partial charge on any atom is -0.404 e. The van der Waals surface area contributed by atoms with Crippen LogP contribution in [0.1, 0.15) is 25.7 Å². The zero-order valence-electron chi connectivity index (χ0n) is 17.7. The van der Waals surface area contributed by atoms with Crippen molar-refractivity contribution in [3.8, 4) is 0 Å². The Bertz CT molecular complexity index is 981. The first-order valence-electron chi connectivity index (χ1n) is 10.9. The van der Waals surface area contributed by atoms with Gasteiger partial charge in [-0.3, -0.25) is 4.79 Å². The first-order valence-corrected chi connectivity index (χ1v) is 10.9. The van der Waals surface area contributed by atoms with Gasteiger partial charge in [0.25, 0.3) is 0 Å². The molecule has 164 valence electrons. The first kappa shape index (κ1) is 21.1. The number of nitrogens with one attached hydrogen (secondary N) is 1. The summed E-state index contributed by atoms with van der Waals surface area (Å²) >= 11 is 0. The summed E-state index contributed by atoms with van der Waals surface area (Å²) in [7, 11) is 0. The number of benzene rings is 1. The van der Waals surface area contributed by atoms with Crippen LogP contribution in [0, 0.1) is 5.92 Å². The second kappa shape index (κ2) is 9.78. The molecular weight excluding hydrogens is 392 g/mol. The lowest BCUT2D eigenvalue weighted by Gasteiger charge is -2.34. The van der Waals surface area contributed by atoms with E-state index >= 15 is 0 Å². The van der Waals surface area contributed by atoms with E-state index in [1.807, 2.05) is 29.2 Å². The van der Waals surface area contributed by atoms with Crippen molar-refractivity contribution in [2.24, 2.45) is 16.6 Å². The number of hydrogen-bond acceptors (Lipinski definition) is 6. The zero-order valence-corrected chi connectivity index (χ0v) is 17.7. The summed E-state index contributed by atoms with van der Waals surface area (Å²) in [6.45, 7) is 6.79. The third-order valence-corrected chi connectivity index (χ3v) is 5.96. The normalized spacial score (nSPS) is 22.7. The van der Waals surface area contributed by atoms with Crippen molar-refractivity contribution in [1.82, 2.24) is 20.0 Å². The number of morpholine rings is 1. The molecule has 8 heteroatoms. The molecule has 8 nitrogen and oxygen atoms in total. The van der Waals surface area contributed by atoms with Gasteiger partial charge in [0.05, 0.1) is 24.9 Å². The van der Waals surface area contributed by atoms with Crippen LogP contribution in [0.15, 0.2) is 60.1 Å². The molecule has 1 aliphatic heterocycles. The van der Waals surface area contributed by atoms with Crippen LogP contribution in [0.2, 0.25) is 0 Å². The number of aromatic nitrogens is 2. The predicted octanol–water partition coefficient (Wildman–Crippen LogP) is 2.23. The molecule has 1 saturated carbocycles. The minimum absolute atomic E-state index is 0.110. The lowest BCUT2D eigenvalue weighted by molar-refractivity contribution is -0.140. The van der Waals surface area contributed by atoms with Crippen molar-refractivity contribution in [2.45, 2.75) is 31.7 Å². The summed E-state index contributed by atoms with van der Waals surface area (Å²) in [6.07, 6.45) is 8.56. The number of fused-ring (bicyclic) bond motifs is 1. The van der Waals surface area contributed by atoms with Crippen molar-refractivity contribution >= 4 is 22.6 Å².